The number of nitrogens with zero attached hydrogens (tertiary/aromatic N) is 1. The summed E-state index contributed by atoms with van der Waals surface area (Å²) in [5.74, 6) is 0.705. The van der Waals surface area contributed by atoms with E-state index in [1.807, 2.05) is 19.1 Å². The molecule has 2 heterocycles. The average Bonchev–Trinajstić information content (AvgIpc) is 2.86. The van der Waals surface area contributed by atoms with Crippen molar-refractivity contribution in [1.29, 1.82) is 0 Å². The van der Waals surface area contributed by atoms with Crippen LogP contribution in [0, 0.1) is 6.92 Å². The van der Waals surface area contributed by atoms with E-state index in [1.54, 1.807) is 11.3 Å². The van der Waals surface area contributed by atoms with Crippen LogP contribution in [-0.4, -0.2) is 11.5 Å². The number of aromatic nitrogens is 1. The van der Waals surface area contributed by atoms with Gasteiger partial charge in [0.15, 0.2) is 0 Å². The van der Waals surface area contributed by atoms with Crippen LogP contribution in [0.15, 0.2) is 29.6 Å². The molecule has 0 aromatic carbocycles. The fraction of sp³-hybridized carbons (Fsp3) is 0.357. The zero-order valence-electron chi connectivity index (χ0n) is 10.8. The minimum atomic E-state index is 0.592. The maximum Gasteiger partial charge on any atom is 0.214 e. The van der Waals surface area contributed by atoms with Gasteiger partial charge in [0, 0.05) is 23.2 Å². The quantitative estimate of drug-likeness (QED) is 0.868. The molecule has 0 aliphatic carbocycles. The minimum Gasteiger partial charge on any atom is -0.472 e. The maximum atomic E-state index is 5.72. The van der Waals surface area contributed by atoms with Crippen LogP contribution < -0.4 is 10.1 Å². The summed E-state index contributed by atoms with van der Waals surface area (Å²) < 4.78 is 5.72. The SMILES string of the molecule is CCNCc1cc(C)nc(OCc2cccs2)c1. The Morgan fingerprint density at radius 1 is 1.39 bits per heavy atom. The Labute approximate surface area is 112 Å². The van der Waals surface area contributed by atoms with Gasteiger partial charge in [0.05, 0.1) is 0 Å². The van der Waals surface area contributed by atoms with Crippen molar-refractivity contribution in [3.63, 3.8) is 0 Å². The third-order valence-corrected chi connectivity index (χ3v) is 3.36. The number of ether oxygens (including phenoxy) is 1. The predicted octanol–water partition coefficient (Wildman–Crippen LogP) is 3.14. The van der Waals surface area contributed by atoms with Crippen LogP contribution in [0.25, 0.3) is 0 Å². The van der Waals surface area contributed by atoms with Crippen LogP contribution in [0.1, 0.15) is 23.1 Å². The van der Waals surface area contributed by atoms with Gasteiger partial charge in [-0.05, 0) is 36.5 Å². The predicted molar refractivity (Wildman–Crippen MR) is 75.0 cm³/mol. The minimum absolute atomic E-state index is 0.592. The molecule has 2 aromatic rings. The largest absolute Gasteiger partial charge is 0.472 e. The molecule has 0 aliphatic heterocycles. The highest BCUT2D eigenvalue weighted by Crippen LogP contribution is 2.16. The van der Waals surface area contributed by atoms with Crippen molar-refractivity contribution in [3.05, 3.63) is 45.8 Å². The van der Waals surface area contributed by atoms with E-state index in [1.165, 1.54) is 10.4 Å². The van der Waals surface area contributed by atoms with E-state index in [2.05, 4.69) is 34.7 Å². The summed E-state index contributed by atoms with van der Waals surface area (Å²) in [6, 6.07) is 8.19. The number of rotatable bonds is 6. The van der Waals surface area contributed by atoms with E-state index in [0.717, 1.165) is 18.8 Å². The zero-order valence-corrected chi connectivity index (χ0v) is 11.6. The molecule has 3 nitrogen and oxygen atoms in total. The first kappa shape index (κ1) is 13.1. The topological polar surface area (TPSA) is 34.2 Å². The van der Waals surface area contributed by atoms with Gasteiger partial charge in [0.2, 0.25) is 5.88 Å². The Morgan fingerprint density at radius 3 is 3.00 bits per heavy atom. The van der Waals surface area contributed by atoms with Crippen LogP contribution in [0.3, 0.4) is 0 Å². The van der Waals surface area contributed by atoms with E-state index in [-0.39, 0.29) is 0 Å². The molecule has 18 heavy (non-hydrogen) atoms. The zero-order chi connectivity index (χ0) is 12.8. The normalized spacial score (nSPS) is 10.6. The molecule has 1 N–H and O–H groups in total. The first-order valence-corrected chi connectivity index (χ1v) is 6.99. The average molecular weight is 262 g/mol. The van der Waals surface area contributed by atoms with E-state index in [0.29, 0.717) is 12.5 Å². The Balaban J connectivity index is 2.00. The number of thiophene rings is 1. The number of hydrogen-bond acceptors (Lipinski definition) is 4. The molecular weight excluding hydrogens is 244 g/mol. The lowest BCUT2D eigenvalue weighted by Gasteiger charge is -2.08. The summed E-state index contributed by atoms with van der Waals surface area (Å²) in [7, 11) is 0. The molecule has 0 spiro atoms. The Morgan fingerprint density at radius 2 is 2.28 bits per heavy atom. The smallest absolute Gasteiger partial charge is 0.214 e. The summed E-state index contributed by atoms with van der Waals surface area (Å²) in [5.41, 5.74) is 2.21. The number of nitrogens with one attached hydrogen (secondary N) is 1. The van der Waals surface area contributed by atoms with Gasteiger partial charge in [0.1, 0.15) is 6.61 Å². The lowest BCUT2D eigenvalue weighted by Crippen LogP contribution is -2.12. The summed E-state index contributed by atoms with van der Waals surface area (Å²) in [4.78, 5) is 5.61. The Hall–Kier alpha value is -1.39. The molecule has 0 amide bonds. The van der Waals surface area contributed by atoms with Crippen molar-refractivity contribution in [2.45, 2.75) is 27.0 Å². The van der Waals surface area contributed by atoms with Crippen LogP contribution in [0.4, 0.5) is 0 Å². The van der Waals surface area contributed by atoms with Gasteiger partial charge in [-0.25, -0.2) is 4.98 Å². The summed E-state index contributed by atoms with van der Waals surface area (Å²) in [5, 5.41) is 5.36. The molecule has 2 rings (SSSR count). The highest BCUT2D eigenvalue weighted by Gasteiger charge is 2.02. The number of pyridine rings is 1. The number of aryl methyl sites for hydroxylation is 1. The van der Waals surface area contributed by atoms with Gasteiger partial charge in [0.25, 0.3) is 0 Å². The third-order valence-electron chi connectivity index (χ3n) is 2.51. The van der Waals surface area contributed by atoms with Crippen LogP contribution in [-0.2, 0) is 13.2 Å². The first-order valence-electron chi connectivity index (χ1n) is 6.11. The van der Waals surface area contributed by atoms with Crippen molar-refractivity contribution in [2.24, 2.45) is 0 Å². The van der Waals surface area contributed by atoms with Crippen LogP contribution >= 0.6 is 11.3 Å². The Bertz CT molecular complexity index is 483. The van der Waals surface area contributed by atoms with Crippen molar-refractivity contribution in [3.8, 4) is 5.88 Å². The van der Waals surface area contributed by atoms with E-state index in [4.69, 9.17) is 4.74 Å². The van der Waals surface area contributed by atoms with Crippen molar-refractivity contribution >= 4 is 11.3 Å². The molecule has 2 aromatic heterocycles. The fourth-order valence-electron chi connectivity index (χ4n) is 1.69. The van der Waals surface area contributed by atoms with Crippen LogP contribution in [0.2, 0.25) is 0 Å². The fourth-order valence-corrected chi connectivity index (χ4v) is 2.31. The Kier molecular flexibility index (Phi) is 4.73. The monoisotopic (exact) mass is 262 g/mol. The molecule has 0 saturated heterocycles. The van der Waals surface area contributed by atoms with Crippen molar-refractivity contribution in [1.82, 2.24) is 10.3 Å². The summed E-state index contributed by atoms with van der Waals surface area (Å²) >= 11 is 1.70. The molecule has 0 saturated carbocycles. The molecule has 4 heteroatoms. The first-order chi connectivity index (χ1) is 8.78. The molecule has 96 valence electrons. The molecule has 0 atom stereocenters. The van der Waals surface area contributed by atoms with Crippen molar-refractivity contribution < 1.29 is 4.74 Å². The van der Waals surface area contributed by atoms with Crippen molar-refractivity contribution in [2.75, 3.05) is 6.54 Å². The molecule has 0 aliphatic rings. The van der Waals surface area contributed by atoms with Gasteiger partial charge >= 0.3 is 0 Å². The maximum absolute atomic E-state index is 5.72. The van der Waals surface area contributed by atoms with E-state index in [9.17, 15) is 0 Å². The lowest BCUT2D eigenvalue weighted by atomic mass is 10.2. The van der Waals surface area contributed by atoms with Gasteiger partial charge in [-0.3, -0.25) is 0 Å². The van der Waals surface area contributed by atoms with Gasteiger partial charge in [-0.15, -0.1) is 11.3 Å². The second kappa shape index (κ2) is 6.52. The summed E-state index contributed by atoms with van der Waals surface area (Å²) in [6.07, 6.45) is 0. The molecule has 0 fully saturated rings. The molecule has 0 radical (unpaired) electrons. The highest BCUT2D eigenvalue weighted by molar-refractivity contribution is 7.09. The van der Waals surface area contributed by atoms with Crippen LogP contribution in [0.5, 0.6) is 5.88 Å². The van der Waals surface area contributed by atoms with E-state index < -0.39 is 0 Å². The summed E-state index contributed by atoms with van der Waals surface area (Å²) in [6.45, 7) is 6.51. The second-order valence-corrected chi connectivity index (χ2v) is 5.14. The molecule has 0 bridgehead atoms. The molecular formula is C14H18N2OS. The van der Waals surface area contributed by atoms with Gasteiger partial charge < -0.3 is 10.1 Å². The van der Waals surface area contributed by atoms with Gasteiger partial charge in [-0.1, -0.05) is 13.0 Å². The second-order valence-electron chi connectivity index (χ2n) is 4.10. The van der Waals surface area contributed by atoms with Gasteiger partial charge in [-0.2, -0.15) is 0 Å². The third kappa shape index (κ3) is 3.82. The standard InChI is InChI=1S/C14H18N2OS/c1-3-15-9-12-7-11(2)16-14(8-12)17-10-13-5-4-6-18-13/h4-8,15H,3,9-10H2,1-2H3. The molecule has 0 unspecified atom stereocenters. The lowest BCUT2D eigenvalue weighted by molar-refractivity contribution is 0.296. The van der Waals surface area contributed by atoms with E-state index >= 15 is 0 Å². The highest BCUT2D eigenvalue weighted by atomic mass is 32.1. The number of hydrogen-bond donors (Lipinski definition) is 1.